The highest BCUT2D eigenvalue weighted by molar-refractivity contribution is 5.94. The molecular formula is C13H17NO3. The first-order valence-electron chi connectivity index (χ1n) is 5.93. The van der Waals surface area contributed by atoms with E-state index in [1.165, 1.54) is 6.26 Å². The molecule has 4 heteroatoms. The third-order valence-electron chi connectivity index (χ3n) is 3.14. The van der Waals surface area contributed by atoms with E-state index in [0.29, 0.717) is 12.0 Å². The predicted octanol–water partition coefficient (Wildman–Crippen LogP) is 2.17. The zero-order valence-electron chi connectivity index (χ0n) is 10.2. The lowest BCUT2D eigenvalue weighted by atomic mass is 10.1. The molecule has 4 nitrogen and oxygen atoms in total. The lowest BCUT2D eigenvalue weighted by Gasteiger charge is -2.23. The zero-order valence-corrected chi connectivity index (χ0v) is 10.2. The Kier molecular flexibility index (Phi) is 3.31. The van der Waals surface area contributed by atoms with Gasteiger partial charge in [0.2, 0.25) is 0 Å². The summed E-state index contributed by atoms with van der Waals surface area (Å²) in [6.07, 6.45) is 3.84. The summed E-state index contributed by atoms with van der Waals surface area (Å²) >= 11 is 0. The molecule has 0 radical (unpaired) electrons. The Morgan fingerprint density at radius 2 is 2.29 bits per heavy atom. The van der Waals surface area contributed by atoms with Crippen molar-refractivity contribution in [3.63, 3.8) is 0 Å². The molecular weight excluding hydrogens is 218 g/mol. The summed E-state index contributed by atoms with van der Waals surface area (Å²) in [5, 5.41) is 0. The Morgan fingerprint density at radius 1 is 1.53 bits per heavy atom. The van der Waals surface area contributed by atoms with Crippen LogP contribution in [0.2, 0.25) is 0 Å². The van der Waals surface area contributed by atoms with E-state index >= 15 is 0 Å². The number of hydrogen-bond acceptors (Lipinski definition) is 3. The molecule has 1 aliphatic rings. The van der Waals surface area contributed by atoms with Gasteiger partial charge in [-0.1, -0.05) is 0 Å². The minimum Gasteiger partial charge on any atom is -0.469 e. The molecule has 0 N–H and O–H groups in total. The highest BCUT2D eigenvalue weighted by atomic mass is 16.3. The van der Waals surface area contributed by atoms with Crippen LogP contribution < -0.4 is 0 Å². The summed E-state index contributed by atoms with van der Waals surface area (Å²) in [5.74, 6) is 0.847. The molecule has 1 amide bonds. The second kappa shape index (κ2) is 4.73. The van der Waals surface area contributed by atoms with Crippen LogP contribution in [0.25, 0.3) is 0 Å². The van der Waals surface area contributed by atoms with Crippen molar-refractivity contribution in [1.82, 2.24) is 4.90 Å². The molecule has 1 aromatic rings. The van der Waals surface area contributed by atoms with E-state index in [2.05, 4.69) is 0 Å². The quantitative estimate of drug-likeness (QED) is 0.806. The number of carbonyl (C=O) groups excluding carboxylic acids is 2. The minimum atomic E-state index is -0.0226. The van der Waals surface area contributed by atoms with E-state index in [1.807, 2.05) is 6.92 Å². The van der Waals surface area contributed by atoms with Gasteiger partial charge in [-0.05, 0) is 32.8 Å². The maximum absolute atomic E-state index is 12.2. The van der Waals surface area contributed by atoms with Gasteiger partial charge in [-0.15, -0.1) is 0 Å². The number of rotatable bonds is 3. The Balaban J connectivity index is 2.10. The Labute approximate surface area is 101 Å². The summed E-state index contributed by atoms with van der Waals surface area (Å²) in [5.41, 5.74) is 0.581. The van der Waals surface area contributed by atoms with Crippen molar-refractivity contribution in [3.05, 3.63) is 23.7 Å². The molecule has 0 aliphatic carbocycles. The summed E-state index contributed by atoms with van der Waals surface area (Å²) < 4.78 is 5.15. The number of Topliss-reactive ketones (excluding diaryl/α,β-unsaturated/α-hetero) is 1. The molecule has 1 fully saturated rings. The van der Waals surface area contributed by atoms with Gasteiger partial charge in [-0.2, -0.15) is 0 Å². The maximum atomic E-state index is 12.2. The molecule has 0 saturated carbocycles. The number of likely N-dealkylation sites (tertiary alicyclic amines) is 1. The molecule has 17 heavy (non-hydrogen) atoms. The molecule has 0 spiro atoms. The number of ketones is 1. The fraction of sp³-hybridized carbons (Fsp3) is 0.538. The minimum absolute atomic E-state index is 0.0226. The third kappa shape index (κ3) is 2.57. The van der Waals surface area contributed by atoms with Crippen LogP contribution in [0.5, 0.6) is 0 Å². The van der Waals surface area contributed by atoms with Crippen LogP contribution in [0, 0.1) is 6.92 Å². The van der Waals surface area contributed by atoms with Crippen molar-refractivity contribution in [3.8, 4) is 0 Å². The van der Waals surface area contributed by atoms with E-state index in [0.717, 1.165) is 25.1 Å². The fourth-order valence-electron chi connectivity index (χ4n) is 2.37. The van der Waals surface area contributed by atoms with E-state index in [4.69, 9.17) is 4.42 Å². The summed E-state index contributed by atoms with van der Waals surface area (Å²) in [4.78, 5) is 25.2. The summed E-state index contributed by atoms with van der Waals surface area (Å²) in [6, 6.07) is 1.81. The largest absolute Gasteiger partial charge is 0.469 e. The van der Waals surface area contributed by atoms with Gasteiger partial charge >= 0.3 is 0 Å². The van der Waals surface area contributed by atoms with Crippen molar-refractivity contribution in [2.45, 2.75) is 39.2 Å². The molecule has 1 atom stereocenters. The number of aryl methyl sites for hydroxylation is 1. The van der Waals surface area contributed by atoms with Gasteiger partial charge in [0.1, 0.15) is 17.8 Å². The van der Waals surface area contributed by atoms with Crippen LogP contribution >= 0.6 is 0 Å². The Bertz CT molecular complexity index is 436. The molecule has 92 valence electrons. The standard InChI is InChI=1S/C13H17NO3/c1-9(15)6-12-4-3-5-14(12)13(16)11-7-10(2)17-8-11/h7-8,12H,3-6H2,1-2H3. The van der Waals surface area contributed by atoms with Crippen LogP contribution in [0.1, 0.15) is 42.3 Å². The zero-order chi connectivity index (χ0) is 12.4. The maximum Gasteiger partial charge on any atom is 0.257 e. The molecule has 0 bridgehead atoms. The first kappa shape index (κ1) is 11.9. The van der Waals surface area contributed by atoms with Gasteiger partial charge in [-0.25, -0.2) is 0 Å². The normalized spacial score (nSPS) is 19.6. The SMILES string of the molecule is CC(=O)CC1CCCN1C(=O)c1coc(C)c1. The second-order valence-electron chi connectivity index (χ2n) is 4.65. The van der Waals surface area contributed by atoms with Gasteiger partial charge in [0.25, 0.3) is 5.91 Å². The first-order chi connectivity index (χ1) is 8.08. The Hall–Kier alpha value is -1.58. The van der Waals surface area contributed by atoms with Crippen molar-refractivity contribution >= 4 is 11.7 Å². The van der Waals surface area contributed by atoms with E-state index in [1.54, 1.807) is 17.9 Å². The number of amides is 1. The summed E-state index contributed by atoms with van der Waals surface area (Å²) in [7, 11) is 0. The lowest BCUT2D eigenvalue weighted by Crippen LogP contribution is -2.36. The van der Waals surface area contributed by atoms with Crippen molar-refractivity contribution in [2.24, 2.45) is 0 Å². The molecule has 1 aromatic heterocycles. The van der Waals surface area contributed by atoms with Crippen LogP contribution in [-0.4, -0.2) is 29.2 Å². The monoisotopic (exact) mass is 235 g/mol. The van der Waals surface area contributed by atoms with Gasteiger partial charge in [0.15, 0.2) is 0 Å². The topological polar surface area (TPSA) is 50.5 Å². The van der Waals surface area contributed by atoms with Crippen molar-refractivity contribution < 1.29 is 14.0 Å². The van der Waals surface area contributed by atoms with Crippen LogP contribution in [0.4, 0.5) is 0 Å². The number of nitrogens with zero attached hydrogens (tertiary/aromatic N) is 1. The number of hydrogen-bond donors (Lipinski definition) is 0. The predicted molar refractivity (Wildman–Crippen MR) is 62.8 cm³/mol. The first-order valence-corrected chi connectivity index (χ1v) is 5.93. The molecule has 0 aromatic carbocycles. The average molecular weight is 235 g/mol. The van der Waals surface area contributed by atoms with Gasteiger partial charge in [0.05, 0.1) is 5.56 Å². The van der Waals surface area contributed by atoms with Crippen LogP contribution in [0.15, 0.2) is 16.7 Å². The molecule has 1 saturated heterocycles. The lowest BCUT2D eigenvalue weighted by molar-refractivity contribution is -0.117. The van der Waals surface area contributed by atoms with E-state index < -0.39 is 0 Å². The molecule has 1 aliphatic heterocycles. The highest BCUT2D eigenvalue weighted by Gasteiger charge is 2.30. The molecule has 1 unspecified atom stereocenters. The Morgan fingerprint density at radius 3 is 2.88 bits per heavy atom. The van der Waals surface area contributed by atoms with E-state index in [-0.39, 0.29) is 17.7 Å². The molecule has 2 heterocycles. The molecule has 2 rings (SSSR count). The average Bonchev–Trinajstić information content (AvgIpc) is 2.85. The van der Waals surface area contributed by atoms with Crippen LogP contribution in [0.3, 0.4) is 0 Å². The smallest absolute Gasteiger partial charge is 0.257 e. The number of furan rings is 1. The van der Waals surface area contributed by atoms with Crippen molar-refractivity contribution in [2.75, 3.05) is 6.54 Å². The number of carbonyl (C=O) groups is 2. The highest BCUT2D eigenvalue weighted by Crippen LogP contribution is 2.23. The van der Waals surface area contributed by atoms with Crippen molar-refractivity contribution in [1.29, 1.82) is 0 Å². The fourth-order valence-corrected chi connectivity index (χ4v) is 2.37. The van der Waals surface area contributed by atoms with Gasteiger partial charge in [-0.3, -0.25) is 9.59 Å². The summed E-state index contributed by atoms with van der Waals surface area (Å²) in [6.45, 7) is 4.12. The second-order valence-corrected chi connectivity index (χ2v) is 4.65. The van der Waals surface area contributed by atoms with Crippen LogP contribution in [-0.2, 0) is 4.79 Å². The third-order valence-corrected chi connectivity index (χ3v) is 3.14. The van der Waals surface area contributed by atoms with E-state index in [9.17, 15) is 9.59 Å². The van der Waals surface area contributed by atoms with Gasteiger partial charge < -0.3 is 9.32 Å². The van der Waals surface area contributed by atoms with Gasteiger partial charge in [0, 0.05) is 19.0 Å².